The summed E-state index contributed by atoms with van der Waals surface area (Å²) >= 11 is 0. The van der Waals surface area contributed by atoms with E-state index in [4.69, 9.17) is 11.0 Å². The largest absolute Gasteiger partial charge is 0.368 e. The fourth-order valence-electron chi connectivity index (χ4n) is 2.72. The van der Waals surface area contributed by atoms with Crippen molar-refractivity contribution < 1.29 is 9.59 Å². The van der Waals surface area contributed by atoms with Crippen LogP contribution in [0.5, 0.6) is 0 Å². The molecule has 0 bridgehead atoms. The van der Waals surface area contributed by atoms with E-state index in [9.17, 15) is 9.59 Å². The molecule has 26 heavy (non-hydrogen) atoms. The molecule has 1 aliphatic heterocycles. The van der Waals surface area contributed by atoms with Gasteiger partial charge in [-0.25, -0.2) is 0 Å². The van der Waals surface area contributed by atoms with Crippen molar-refractivity contribution in [3.8, 4) is 6.07 Å². The number of anilines is 1. The van der Waals surface area contributed by atoms with Crippen molar-refractivity contribution in [1.29, 1.82) is 5.26 Å². The van der Waals surface area contributed by atoms with E-state index >= 15 is 0 Å². The number of primary amides is 1. The summed E-state index contributed by atoms with van der Waals surface area (Å²) in [7, 11) is 0. The Hall–Kier alpha value is -3.66. The number of nitrogens with two attached hydrogens (primary N) is 1. The third-order valence-corrected chi connectivity index (χ3v) is 4.03. The predicted octanol–water partition coefficient (Wildman–Crippen LogP) is 1.29. The quantitative estimate of drug-likeness (QED) is 0.849. The van der Waals surface area contributed by atoms with Crippen LogP contribution < -0.4 is 16.1 Å². The molecule has 3 N–H and O–H groups in total. The van der Waals surface area contributed by atoms with Crippen LogP contribution in [0.15, 0.2) is 59.7 Å². The SMILES string of the molecule is N#Cc1cccc(CNC(=O)C2=NN(c3ccccc3)[C@H](C(N)=O)C2)c1. The molecule has 0 saturated carbocycles. The Balaban J connectivity index is 1.72. The van der Waals surface area contributed by atoms with Gasteiger partial charge in [-0.15, -0.1) is 0 Å². The van der Waals surface area contributed by atoms with Gasteiger partial charge in [-0.05, 0) is 29.8 Å². The maximum Gasteiger partial charge on any atom is 0.267 e. The zero-order valence-electron chi connectivity index (χ0n) is 13.9. The second kappa shape index (κ2) is 7.49. The van der Waals surface area contributed by atoms with E-state index in [1.54, 1.807) is 30.3 Å². The highest BCUT2D eigenvalue weighted by Crippen LogP contribution is 2.24. The van der Waals surface area contributed by atoms with E-state index in [0.29, 0.717) is 11.3 Å². The van der Waals surface area contributed by atoms with E-state index < -0.39 is 11.9 Å². The Morgan fingerprint density at radius 3 is 2.69 bits per heavy atom. The number of hydrogen-bond donors (Lipinski definition) is 2. The van der Waals surface area contributed by atoms with Gasteiger partial charge in [-0.2, -0.15) is 10.4 Å². The first kappa shape index (κ1) is 17.2. The van der Waals surface area contributed by atoms with Crippen LogP contribution in [0.1, 0.15) is 17.5 Å². The number of para-hydroxylation sites is 1. The summed E-state index contributed by atoms with van der Waals surface area (Å²) in [6.45, 7) is 0.264. The summed E-state index contributed by atoms with van der Waals surface area (Å²) in [4.78, 5) is 24.2. The molecule has 130 valence electrons. The summed E-state index contributed by atoms with van der Waals surface area (Å²) < 4.78 is 0. The molecule has 1 atom stereocenters. The molecule has 7 heteroatoms. The molecule has 0 saturated heterocycles. The number of carbonyl (C=O) groups is 2. The molecule has 0 aromatic heterocycles. The fraction of sp³-hybridized carbons (Fsp3) is 0.158. The van der Waals surface area contributed by atoms with Crippen LogP contribution in [-0.4, -0.2) is 23.6 Å². The summed E-state index contributed by atoms with van der Waals surface area (Å²) in [6.07, 6.45) is 0.147. The van der Waals surface area contributed by atoms with Crippen molar-refractivity contribution in [2.45, 2.75) is 19.0 Å². The van der Waals surface area contributed by atoms with Gasteiger partial charge in [-0.3, -0.25) is 14.6 Å². The summed E-state index contributed by atoms with van der Waals surface area (Å²) in [5.74, 6) is -0.904. The van der Waals surface area contributed by atoms with E-state index in [1.165, 1.54) is 5.01 Å². The van der Waals surface area contributed by atoms with Gasteiger partial charge >= 0.3 is 0 Å². The molecule has 0 radical (unpaired) electrons. The van der Waals surface area contributed by atoms with Gasteiger partial charge in [0.05, 0.1) is 17.3 Å². The third kappa shape index (κ3) is 3.70. The molecule has 0 spiro atoms. The maximum atomic E-state index is 12.4. The Labute approximate surface area is 150 Å². The molecule has 0 unspecified atom stereocenters. The fourth-order valence-corrected chi connectivity index (χ4v) is 2.72. The van der Waals surface area contributed by atoms with Crippen molar-refractivity contribution in [1.82, 2.24) is 5.32 Å². The van der Waals surface area contributed by atoms with Crippen LogP contribution in [0.2, 0.25) is 0 Å². The van der Waals surface area contributed by atoms with Gasteiger partial charge in [0.15, 0.2) is 0 Å². The van der Waals surface area contributed by atoms with Crippen molar-refractivity contribution >= 4 is 23.2 Å². The van der Waals surface area contributed by atoms with Crippen molar-refractivity contribution in [2.75, 3.05) is 5.01 Å². The molecular formula is C19H17N5O2. The first-order chi connectivity index (χ1) is 12.6. The van der Waals surface area contributed by atoms with Gasteiger partial charge in [0.2, 0.25) is 5.91 Å². The van der Waals surface area contributed by atoms with Gasteiger partial charge in [0, 0.05) is 13.0 Å². The number of nitriles is 1. The summed E-state index contributed by atoms with van der Waals surface area (Å²) in [6, 6.07) is 17.4. The minimum atomic E-state index is -0.694. The number of rotatable bonds is 5. The minimum Gasteiger partial charge on any atom is -0.368 e. The Morgan fingerprint density at radius 2 is 2.00 bits per heavy atom. The normalized spacial score (nSPS) is 15.9. The monoisotopic (exact) mass is 347 g/mol. The maximum absolute atomic E-state index is 12.4. The van der Waals surface area contributed by atoms with Crippen molar-refractivity contribution in [3.63, 3.8) is 0 Å². The van der Waals surface area contributed by atoms with Gasteiger partial charge in [0.1, 0.15) is 11.8 Å². The second-order valence-electron chi connectivity index (χ2n) is 5.84. The van der Waals surface area contributed by atoms with Crippen LogP contribution in [0.4, 0.5) is 5.69 Å². The number of benzene rings is 2. The Morgan fingerprint density at radius 1 is 1.23 bits per heavy atom. The van der Waals surface area contributed by atoms with Crippen molar-refractivity contribution in [2.24, 2.45) is 10.8 Å². The van der Waals surface area contributed by atoms with E-state index in [-0.39, 0.29) is 24.6 Å². The highest BCUT2D eigenvalue weighted by atomic mass is 16.2. The number of hydrazone groups is 1. The number of carbonyl (C=O) groups excluding carboxylic acids is 2. The lowest BCUT2D eigenvalue weighted by Crippen LogP contribution is -2.39. The first-order valence-corrected chi connectivity index (χ1v) is 8.07. The molecule has 0 aliphatic carbocycles. The zero-order chi connectivity index (χ0) is 18.5. The highest BCUT2D eigenvalue weighted by Gasteiger charge is 2.34. The third-order valence-electron chi connectivity index (χ3n) is 4.03. The molecular weight excluding hydrogens is 330 g/mol. The van der Waals surface area contributed by atoms with E-state index in [1.807, 2.05) is 24.3 Å². The molecule has 1 heterocycles. The molecule has 2 amide bonds. The standard InChI is InChI=1S/C19H17N5O2/c20-11-13-5-4-6-14(9-13)12-22-19(26)16-10-17(18(21)25)24(23-16)15-7-2-1-3-8-15/h1-9,17H,10,12H2,(H2,21,25)(H,22,26)/t17-/m0/s1. The smallest absolute Gasteiger partial charge is 0.267 e. The number of amides is 2. The van der Waals surface area contributed by atoms with E-state index in [0.717, 1.165) is 5.56 Å². The highest BCUT2D eigenvalue weighted by molar-refractivity contribution is 6.40. The summed E-state index contributed by atoms with van der Waals surface area (Å²) in [5, 5.41) is 17.5. The Kier molecular flexibility index (Phi) is 4.94. The topological polar surface area (TPSA) is 112 Å². The first-order valence-electron chi connectivity index (χ1n) is 8.07. The molecule has 7 nitrogen and oxygen atoms in total. The van der Waals surface area contributed by atoms with Crippen LogP contribution in [0.25, 0.3) is 0 Å². The van der Waals surface area contributed by atoms with E-state index in [2.05, 4.69) is 16.5 Å². The predicted molar refractivity (Wildman–Crippen MR) is 97.0 cm³/mol. The molecule has 2 aromatic rings. The van der Waals surface area contributed by atoms with Crippen LogP contribution in [0.3, 0.4) is 0 Å². The van der Waals surface area contributed by atoms with Gasteiger partial charge < -0.3 is 11.1 Å². The summed E-state index contributed by atoms with van der Waals surface area (Å²) in [5.41, 5.74) is 7.74. The second-order valence-corrected chi connectivity index (χ2v) is 5.84. The number of nitrogens with one attached hydrogen (secondary N) is 1. The van der Waals surface area contributed by atoms with Gasteiger partial charge in [0.25, 0.3) is 5.91 Å². The van der Waals surface area contributed by atoms with Crippen molar-refractivity contribution in [3.05, 3.63) is 65.7 Å². The molecule has 2 aromatic carbocycles. The van der Waals surface area contributed by atoms with Crippen LogP contribution in [0, 0.1) is 11.3 Å². The average Bonchev–Trinajstić information content (AvgIpc) is 3.13. The molecule has 3 rings (SSSR count). The molecule has 1 aliphatic rings. The number of hydrogen-bond acceptors (Lipinski definition) is 5. The number of nitrogens with zero attached hydrogens (tertiary/aromatic N) is 3. The van der Waals surface area contributed by atoms with Crippen LogP contribution in [-0.2, 0) is 16.1 Å². The lowest BCUT2D eigenvalue weighted by Gasteiger charge is -2.20. The lowest BCUT2D eigenvalue weighted by molar-refractivity contribution is -0.119. The minimum absolute atomic E-state index is 0.147. The lowest BCUT2D eigenvalue weighted by atomic mass is 10.1. The molecule has 0 fully saturated rings. The zero-order valence-corrected chi connectivity index (χ0v) is 13.9. The Bertz CT molecular complexity index is 902. The van der Waals surface area contributed by atoms with Gasteiger partial charge in [-0.1, -0.05) is 30.3 Å². The van der Waals surface area contributed by atoms with Crippen LogP contribution >= 0.6 is 0 Å². The average molecular weight is 347 g/mol.